The third kappa shape index (κ3) is 2.97. The summed E-state index contributed by atoms with van der Waals surface area (Å²) in [6.07, 6.45) is 3.39. The van der Waals surface area contributed by atoms with E-state index in [9.17, 15) is 4.79 Å². The number of aliphatic hydroxyl groups excluding tert-OH is 1. The van der Waals surface area contributed by atoms with Gasteiger partial charge in [-0.3, -0.25) is 4.79 Å². The molecule has 0 saturated heterocycles. The van der Waals surface area contributed by atoms with E-state index >= 15 is 0 Å². The van der Waals surface area contributed by atoms with Gasteiger partial charge in [-0.2, -0.15) is 0 Å². The van der Waals surface area contributed by atoms with Gasteiger partial charge in [0.15, 0.2) is 0 Å². The monoisotopic (exact) mass is 186 g/mol. The van der Waals surface area contributed by atoms with E-state index in [-0.39, 0.29) is 24.1 Å². The van der Waals surface area contributed by atoms with Gasteiger partial charge in [-0.25, -0.2) is 0 Å². The molecule has 1 aliphatic rings. The van der Waals surface area contributed by atoms with E-state index in [1.165, 1.54) is 0 Å². The predicted molar refractivity (Wildman–Crippen MR) is 50.1 cm³/mol. The molecule has 1 atom stereocenters. The second-order valence-electron chi connectivity index (χ2n) is 4.04. The molecule has 0 aliphatic heterocycles. The second-order valence-corrected chi connectivity index (χ2v) is 4.04. The summed E-state index contributed by atoms with van der Waals surface area (Å²) in [6.45, 7) is 1.74. The summed E-state index contributed by atoms with van der Waals surface area (Å²) < 4.78 is 0. The molecule has 4 nitrogen and oxygen atoms in total. The molecule has 0 bridgehead atoms. The standard InChI is InChI=1S/C9H18N2O2/c1-7(6-12)11-8(13)5-9(10)3-2-4-9/h7,12H,2-6,10H2,1H3,(H,11,13)/t7-/m0/s1. The van der Waals surface area contributed by atoms with Crippen LogP contribution in [0.2, 0.25) is 0 Å². The van der Waals surface area contributed by atoms with Crippen molar-refractivity contribution in [3.63, 3.8) is 0 Å². The van der Waals surface area contributed by atoms with E-state index in [0.29, 0.717) is 6.42 Å². The smallest absolute Gasteiger partial charge is 0.222 e. The van der Waals surface area contributed by atoms with Gasteiger partial charge in [0.1, 0.15) is 0 Å². The lowest BCUT2D eigenvalue weighted by Crippen LogP contribution is -2.51. The zero-order chi connectivity index (χ0) is 9.90. The number of rotatable bonds is 4. The molecular formula is C9H18N2O2. The summed E-state index contributed by atoms with van der Waals surface area (Å²) in [5.74, 6) is -0.0521. The normalized spacial score (nSPS) is 21.8. The minimum absolute atomic E-state index is 0.0245. The maximum Gasteiger partial charge on any atom is 0.222 e. The van der Waals surface area contributed by atoms with E-state index in [1.54, 1.807) is 6.92 Å². The number of aliphatic hydroxyl groups is 1. The number of hydrogen-bond acceptors (Lipinski definition) is 3. The first kappa shape index (κ1) is 10.5. The van der Waals surface area contributed by atoms with Crippen LogP contribution in [0.1, 0.15) is 32.6 Å². The Morgan fingerprint density at radius 3 is 2.69 bits per heavy atom. The molecular weight excluding hydrogens is 168 g/mol. The second kappa shape index (κ2) is 4.07. The first-order chi connectivity index (χ1) is 6.06. The van der Waals surface area contributed by atoms with Crippen LogP contribution in [0.4, 0.5) is 0 Å². The van der Waals surface area contributed by atoms with Crippen molar-refractivity contribution in [2.45, 2.75) is 44.2 Å². The Morgan fingerprint density at radius 2 is 2.31 bits per heavy atom. The molecule has 4 N–H and O–H groups in total. The quantitative estimate of drug-likeness (QED) is 0.567. The minimum atomic E-state index is -0.265. The number of nitrogens with two attached hydrogens (primary N) is 1. The average Bonchev–Trinajstić information content (AvgIpc) is 2.01. The van der Waals surface area contributed by atoms with Gasteiger partial charge in [0.05, 0.1) is 6.61 Å². The molecule has 1 fully saturated rings. The average molecular weight is 186 g/mol. The number of carbonyl (C=O) groups excluding carboxylic acids is 1. The van der Waals surface area contributed by atoms with Crippen molar-refractivity contribution in [3.05, 3.63) is 0 Å². The molecule has 0 aromatic heterocycles. The van der Waals surface area contributed by atoms with Gasteiger partial charge in [0.25, 0.3) is 0 Å². The molecule has 0 aromatic carbocycles. The molecule has 0 heterocycles. The lowest BCUT2D eigenvalue weighted by Gasteiger charge is -2.37. The molecule has 0 aromatic rings. The maximum atomic E-state index is 11.3. The van der Waals surface area contributed by atoms with E-state index in [0.717, 1.165) is 19.3 Å². The SMILES string of the molecule is C[C@@H](CO)NC(=O)CC1(N)CCC1. The Balaban J connectivity index is 2.24. The maximum absolute atomic E-state index is 11.3. The lowest BCUT2D eigenvalue weighted by atomic mass is 9.75. The van der Waals surface area contributed by atoms with E-state index in [2.05, 4.69) is 5.32 Å². The van der Waals surface area contributed by atoms with Gasteiger partial charge in [0.2, 0.25) is 5.91 Å². The zero-order valence-electron chi connectivity index (χ0n) is 8.05. The molecule has 13 heavy (non-hydrogen) atoms. The van der Waals surface area contributed by atoms with Gasteiger partial charge >= 0.3 is 0 Å². The van der Waals surface area contributed by atoms with Gasteiger partial charge < -0.3 is 16.2 Å². The Bertz CT molecular complexity index is 190. The fourth-order valence-corrected chi connectivity index (χ4v) is 1.50. The van der Waals surface area contributed by atoms with Crippen molar-refractivity contribution < 1.29 is 9.90 Å². The molecule has 0 radical (unpaired) electrons. The topological polar surface area (TPSA) is 75.3 Å². The third-order valence-electron chi connectivity index (χ3n) is 2.54. The molecule has 0 unspecified atom stereocenters. The Morgan fingerprint density at radius 1 is 1.69 bits per heavy atom. The highest BCUT2D eigenvalue weighted by molar-refractivity contribution is 5.77. The third-order valence-corrected chi connectivity index (χ3v) is 2.54. The van der Waals surface area contributed by atoms with Crippen molar-refractivity contribution in [2.75, 3.05) is 6.61 Å². The molecule has 76 valence electrons. The van der Waals surface area contributed by atoms with Crippen molar-refractivity contribution >= 4 is 5.91 Å². The minimum Gasteiger partial charge on any atom is -0.394 e. The van der Waals surface area contributed by atoms with Gasteiger partial charge in [-0.05, 0) is 26.2 Å². The van der Waals surface area contributed by atoms with Crippen molar-refractivity contribution in [3.8, 4) is 0 Å². The van der Waals surface area contributed by atoms with E-state index in [1.807, 2.05) is 0 Å². The summed E-state index contributed by atoms with van der Waals surface area (Å²) in [7, 11) is 0. The van der Waals surface area contributed by atoms with Crippen LogP contribution < -0.4 is 11.1 Å². The molecule has 1 rings (SSSR count). The van der Waals surface area contributed by atoms with Crippen LogP contribution in [-0.4, -0.2) is 29.2 Å². The van der Waals surface area contributed by atoms with Gasteiger partial charge in [-0.15, -0.1) is 0 Å². The van der Waals surface area contributed by atoms with Gasteiger partial charge in [0, 0.05) is 18.0 Å². The van der Waals surface area contributed by atoms with E-state index in [4.69, 9.17) is 10.8 Å². The van der Waals surface area contributed by atoms with Crippen molar-refractivity contribution in [1.82, 2.24) is 5.32 Å². The van der Waals surface area contributed by atoms with Crippen molar-refractivity contribution in [2.24, 2.45) is 5.73 Å². The summed E-state index contributed by atoms with van der Waals surface area (Å²) in [5, 5.41) is 11.4. The van der Waals surface area contributed by atoms with Crippen molar-refractivity contribution in [1.29, 1.82) is 0 Å². The van der Waals surface area contributed by atoms with Crippen LogP contribution in [0.5, 0.6) is 0 Å². The van der Waals surface area contributed by atoms with Crippen LogP contribution >= 0.6 is 0 Å². The predicted octanol–water partition coefficient (Wildman–Crippen LogP) is -0.245. The van der Waals surface area contributed by atoms with E-state index < -0.39 is 0 Å². The highest BCUT2D eigenvalue weighted by Gasteiger charge is 2.34. The molecule has 4 heteroatoms. The molecule has 1 aliphatic carbocycles. The highest BCUT2D eigenvalue weighted by atomic mass is 16.3. The largest absolute Gasteiger partial charge is 0.394 e. The number of amides is 1. The number of nitrogens with one attached hydrogen (secondary N) is 1. The fourth-order valence-electron chi connectivity index (χ4n) is 1.50. The van der Waals surface area contributed by atoms with Crippen LogP contribution in [0.15, 0.2) is 0 Å². The molecule has 0 spiro atoms. The first-order valence-corrected chi connectivity index (χ1v) is 4.75. The van der Waals surface area contributed by atoms with Gasteiger partial charge in [-0.1, -0.05) is 0 Å². The summed E-state index contributed by atoms with van der Waals surface area (Å²) in [4.78, 5) is 11.3. The molecule has 1 saturated carbocycles. The van der Waals surface area contributed by atoms with Crippen LogP contribution in [-0.2, 0) is 4.79 Å². The number of carbonyl (C=O) groups is 1. The number of hydrogen-bond donors (Lipinski definition) is 3. The van der Waals surface area contributed by atoms with Crippen LogP contribution in [0.25, 0.3) is 0 Å². The summed E-state index contributed by atoms with van der Waals surface area (Å²) in [5.41, 5.74) is 5.63. The Hall–Kier alpha value is -0.610. The Labute approximate surface area is 78.5 Å². The Kier molecular flexibility index (Phi) is 3.27. The lowest BCUT2D eigenvalue weighted by molar-refractivity contribution is -0.123. The van der Waals surface area contributed by atoms with Crippen LogP contribution in [0.3, 0.4) is 0 Å². The summed E-state index contributed by atoms with van der Waals surface area (Å²) >= 11 is 0. The van der Waals surface area contributed by atoms with Crippen LogP contribution in [0, 0.1) is 0 Å². The fraction of sp³-hybridized carbons (Fsp3) is 0.889. The zero-order valence-corrected chi connectivity index (χ0v) is 8.05. The highest BCUT2D eigenvalue weighted by Crippen LogP contribution is 2.31. The first-order valence-electron chi connectivity index (χ1n) is 4.75. The summed E-state index contributed by atoms with van der Waals surface area (Å²) in [6, 6.07) is -0.170. The molecule has 1 amide bonds.